The van der Waals surface area contributed by atoms with Crippen molar-refractivity contribution in [3.05, 3.63) is 35.9 Å². The van der Waals surface area contributed by atoms with Gasteiger partial charge in [0.25, 0.3) is 0 Å². The van der Waals surface area contributed by atoms with E-state index in [4.69, 9.17) is 15.2 Å². The first-order chi connectivity index (χ1) is 28.8. The summed E-state index contributed by atoms with van der Waals surface area (Å²) in [6.07, 6.45) is 23.7. The van der Waals surface area contributed by atoms with E-state index in [1.165, 1.54) is 120 Å². The lowest BCUT2D eigenvalue weighted by Crippen LogP contribution is -2.71. The van der Waals surface area contributed by atoms with Gasteiger partial charge in [0.15, 0.2) is 6.23 Å². The highest BCUT2D eigenvalue weighted by Crippen LogP contribution is 2.29. The van der Waals surface area contributed by atoms with Gasteiger partial charge in [0.05, 0.1) is 13.2 Å². The average molecular weight is 833 g/mol. The van der Waals surface area contributed by atoms with Crippen LogP contribution in [0.25, 0.3) is 0 Å². The summed E-state index contributed by atoms with van der Waals surface area (Å²) in [7, 11) is 0. The predicted molar refractivity (Wildman–Crippen MR) is 236 cm³/mol. The predicted octanol–water partition coefficient (Wildman–Crippen LogP) is 9.11. The van der Waals surface area contributed by atoms with Crippen molar-refractivity contribution in [1.29, 1.82) is 0 Å². The molecule has 0 unspecified atom stereocenters. The van der Waals surface area contributed by atoms with E-state index >= 15 is 0 Å². The Hall–Kier alpha value is -2.77. The van der Waals surface area contributed by atoms with Gasteiger partial charge in [-0.05, 0) is 18.4 Å². The Balaban J connectivity index is 2.03. The van der Waals surface area contributed by atoms with Crippen LogP contribution in [0.3, 0.4) is 0 Å². The van der Waals surface area contributed by atoms with E-state index in [9.17, 15) is 29.7 Å². The number of unbranched alkanes of at least 4 members (excludes halogenated alkanes) is 24. The van der Waals surface area contributed by atoms with Crippen LogP contribution in [0.2, 0.25) is 0 Å². The topological polar surface area (TPSA) is 175 Å². The van der Waals surface area contributed by atoms with E-state index in [2.05, 4.69) is 19.2 Å². The maximum Gasteiger partial charge on any atom is 0.417 e. The molecule has 1 fully saturated rings. The van der Waals surface area contributed by atoms with Crippen LogP contribution in [0.5, 0.6) is 0 Å². The quantitative estimate of drug-likeness (QED) is 0.0424. The fraction of sp³-hybridized carbons (Fsp3) is 0.809. The van der Waals surface area contributed by atoms with Gasteiger partial charge < -0.3 is 35.8 Å². The van der Waals surface area contributed by atoms with Gasteiger partial charge in [0, 0.05) is 13.1 Å². The zero-order valence-electron chi connectivity index (χ0n) is 37.0. The summed E-state index contributed by atoms with van der Waals surface area (Å²) in [5, 5.41) is 35.7. The Morgan fingerprint density at radius 2 is 1.14 bits per heavy atom. The molecule has 0 radical (unpaired) electrons. The first-order valence-corrected chi connectivity index (χ1v) is 23.7. The zero-order valence-corrected chi connectivity index (χ0v) is 37.0. The Kier molecular flexibility index (Phi) is 30.1. The first-order valence-electron chi connectivity index (χ1n) is 23.7. The molecule has 0 spiro atoms. The minimum absolute atomic E-state index is 0.160. The lowest BCUT2D eigenvalue weighted by atomic mass is 9.93. The molecule has 0 aromatic heterocycles. The molecule has 0 aliphatic carbocycles. The van der Waals surface area contributed by atoms with Gasteiger partial charge in [-0.25, -0.2) is 14.5 Å². The van der Waals surface area contributed by atoms with Gasteiger partial charge in [-0.15, -0.1) is 0 Å². The number of amides is 4. The molecule has 1 heterocycles. The number of rotatable bonds is 34. The Labute approximate surface area is 357 Å². The fourth-order valence-corrected chi connectivity index (χ4v) is 7.98. The van der Waals surface area contributed by atoms with Gasteiger partial charge in [0.2, 0.25) is 5.91 Å². The van der Waals surface area contributed by atoms with E-state index in [-0.39, 0.29) is 13.2 Å². The van der Waals surface area contributed by atoms with E-state index in [1.54, 1.807) is 24.3 Å². The van der Waals surface area contributed by atoms with Gasteiger partial charge in [-0.2, -0.15) is 0 Å². The number of imide groups is 1. The van der Waals surface area contributed by atoms with Crippen LogP contribution in [-0.2, 0) is 20.9 Å². The number of urea groups is 1. The Morgan fingerprint density at radius 1 is 0.678 bits per heavy atom. The molecule has 6 N–H and O–H groups in total. The molecule has 5 atom stereocenters. The van der Waals surface area contributed by atoms with Crippen molar-refractivity contribution in [2.45, 2.75) is 218 Å². The molecular weight excluding hydrogens is 749 g/mol. The van der Waals surface area contributed by atoms with E-state index in [0.29, 0.717) is 23.4 Å². The lowest BCUT2D eigenvalue weighted by Gasteiger charge is -2.49. The number of ether oxygens (including phenoxy) is 2. The van der Waals surface area contributed by atoms with Gasteiger partial charge in [-0.1, -0.05) is 198 Å². The first kappa shape index (κ1) is 52.4. The second-order valence-electron chi connectivity index (χ2n) is 16.6. The van der Waals surface area contributed by atoms with Crippen LogP contribution in [0, 0.1) is 0 Å². The third-order valence-electron chi connectivity index (χ3n) is 11.6. The van der Waals surface area contributed by atoms with Crippen molar-refractivity contribution < 1.29 is 39.2 Å². The molecule has 1 aromatic rings. The van der Waals surface area contributed by atoms with Crippen LogP contribution in [0.15, 0.2) is 30.3 Å². The van der Waals surface area contributed by atoms with Crippen LogP contribution < -0.4 is 11.1 Å². The maximum absolute atomic E-state index is 14.0. The highest BCUT2D eigenvalue weighted by atomic mass is 16.6. The van der Waals surface area contributed by atoms with E-state index < -0.39 is 61.8 Å². The molecule has 0 saturated carbocycles. The molecule has 0 bridgehead atoms. The summed E-state index contributed by atoms with van der Waals surface area (Å²) >= 11 is 0. The number of hydrogen-bond donors (Lipinski definition) is 5. The summed E-state index contributed by atoms with van der Waals surface area (Å²) in [6, 6.07) is 6.89. The second-order valence-corrected chi connectivity index (χ2v) is 16.6. The monoisotopic (exact) mass is 833 g/mol. The molecule has 340 valence electrons. The number of carbonyl (C=O) groups excluding carboxylic acids is 3. The fourth-order valence-electron chi connectivity index (χ4n) is 7.98. The third kappa shape index (κ3) is 21.5. The normalized spacial score (nSPS) is 19.1. The van der Waals surface area contributed by atoms with Gasteiger partial charge >= 0.3 is 12.1 Å². The summed E-state index contributed by atoms with van der Waals surface area (Å²) in [4.78, 5) is 43.1. The van der Waals surface area contributed by atoms with Gasteiger partial charge in [0.1, 0.15) is 31.0 Å². The molecule has 1 aromatic carbocycles. The molecule has 1 aliphatic rings. The SMILES string of the molecule is CCCCCCCCCCCCCCCCCCNC(=O)N(CCCCCCCCCCCC)[C@@H]1O[C@H](CO)[C@H](O)[C@H](O)[C@H]1N(C(=O)CN)C(=O)OCc1ccccc1. The minimum atomic E-state index is -1.77. The lowest BCUT2D eigenvalue weighted by molar-refractivity contribution is -0.238. The molecule has 59 heavy (non-hydrogen) atoms. The van der Waals surface area contributed by atoms with Gasteiger partial charge in [-0.3, -0.25) is 9.69 Å². The number of benzene rings is 1. The summed E-state index contributed by atoms with van der Waals surface area (Å²) in [5.41, 5.74) is 6.45. The van der Waals surface area contributed by atoms with Crippen molar-refractivity contribution in [2.75, 3.05) is 26.2 Å². The largest absolute Gasteiger partial charge is 0.444 e. The van der Waals surface area contributed by atoms with Crippen molar-refractivity contribution in [3.8, 4) is 0 Å². The highest BCUT2D eigenvalue weighted by molar-refractivity contribution is 5.93. The summed E-state index contributed by atoms with van der Waals surface area (Å²) < 4.78 is 11.7. The maximum atomic E-state index is 14.0. The number of aliphatic hydroxyl groups excluding tert-OH is 3. The summed E-state index contributed by atoms with van der Waals surface area (Å²) in [6.45, 7) is 3.68. The molecule has 2 rings (SSSR count). The van der Waals surface area contributed by atoms with Crippen molar-refractivity contribution in [3.63, 3.8) is 0 Å². The molecule has 12 heteroatoms. The number of carbonyl (C=O) groups is 3. The standard InChI is InChI=1S/C47H84N4O8/c1-3-5-7-9-11-13-15-16-17-18-19-20-21-23-25-30-34-49-46(56)50(35-31-26-24-22-14-12-10-8-6-4-2)45-42(44(55)43(54)40(37-52)59-45)51(41(53)36-48)47(57)58-38-39-32-28-27-29-33-39/h27-29,32-33,40,42-45,52,54-55H,3-26,30-31,34-38,48H2,1-2H3,(H,49,56)/t40-,42-,43+,44-,45-/m1/s1. The molecular formula is C47H84N4O8. The smallest absolute Gasteiger partial charge is 0.417 e. The van der Waals surface area contributed by atoms with E-state index in [1.807, 2.05) is 6.07 Å². The van der Waals surface area contributed by atoms with E-state index in [0.717, 1.165) is 44.9 Å². The number of nitrogens with two attached hydrogens (primary N) is 1. The Bertz CT molecular complexity index is 1210. The number of nitrogens with zero attached hydrogens (tertiary/aromatic N) is 2. The molecule has 1 saturated heterocycles. The number of aliphatic hydroxyl groups is 3. The molecule has 4 amide bonds. The number of hydrogen-bond acceptors (Lipinski definition) is 9. The number of nitrogens with one attached hydrogen (secondary N) is 1. The summed E-state index contributed by atoms with van der Waals surface area (Å²) in [5.74, 6) is -0.872. The van der Waals surface area contributed by atoms with Crippen molar-refractivity contribution >= 4 is 18.0 Å². The third-order valence-corrected chi connectivity index (χ3v) is 11.6. The van der Waals surface area contributed by atoms with Crippen LogP contribution >= 0.6 is 0 Å². The highest BCUT2D eigenvalue weighted by Gasteiger charge is 2.53. The van der Waals surface area contributed by atoms with Crippen LogP contribution in [0.4, 0.5) is 9.59 Å². The zero-order chi connectivity index (χ0) is 42.9. The molecule has 1 aliphatic heterocycles. The second kappa shape index (κ2) is 33.9. The van der Waals surface area contributed by atoms with Crippen LogP contribution in [0.1, 0.15) is 186 Å². The minimum Gasteiger partial charge on any atom is -0.444 e. The van der Waals surface area contributed by atoms with Crippen LogP contribution in [-0.4, -0.2) is 100.0 Å². The van der Waals surface area contributed by atoms with Crippen molar-refractivity contribution in [1.82, 2.24) is 15.1 Å². The van der Waals surface area contributed by atoms with Crippen molar-refractivity contribution in [2.24, 2.45) is 5.73 Å². The molecule has 12 nitrogen and oxygen atoms in total. The average Bonchev–Trinajstić information content (AvgIpc) is 3.25. The Morgan fingerprint density at radius 3 is 1.59 bits per heavy atom.